The molecule has 2 heterocycles. The van der Waals surface area contributed by atoms with Gasteiger partial charge in [-0.2, -0.15) is 0 Å². The lowest BCUT2D eigenvalue weighted by molar-refractivity contribution is 1.17. The van der Waals surface area contributed by atoms with Gasteiger partial charge in [-0.3, -0.25) is 0 Å². The van der Waals surface area contributed by atoms with Gasteiger partial charge in [-0.25, -0.2) is 0 Å². The van der Waals surface area contributed by atoms with Crippen LogP contribution in [0.5, 0.6) is 0 Å². The Labute approximate surface area is 360 Å². The Kier molecular flexibility index (Phi) is 8.53. The SMILES string of the molecule is c1ccc(-c2ccc(-c3cccc(-n4c5ccc(-c6ccccc6)cc5c5cc6c(cc54)c4cc(-c5ccccc5)ccc4n6-c4cccc(-c5ccccc5)c4)c3)cc2)cc1. The van der Waals surface area contributed by atoms with Gasteiger partial charge in [-0.05, 0) is 116 Å². The van der Waals surface area contributed by atoms with Crippen molar-refractivity contribution in [3.05, 3.63) is 243 Å². The Hall–Kier alpha value is -8.20. The topological polar surface area (TPSA) is 9.86 Å². The van der Waals surface area contributed by atoms with E-state index in [0.29, 0.717) is 0 Å². The van der Waals surface area contributed by atoms with Crippen LogP contribution in [0.3, 0.4) is 0 Å². The van der Waals surface area contributed by atoms with Crippen LogP contribution >= 0.6 is 0 Å². The van der Waals surface area contributed by atoms with Gasteiger partial charge in [0, 0.05) is 32.9 Å². The zero-order valence-corrected chi connectivity index (χ0v) is 34.0. The number of fused-ring (bicyclic) bond motifs is 6. The Morgan fingerprint density at radius 1 is 0.177 bits per heavy atom. The van der Waals surface area contributed by atoms with E-state index in [1.807, 2.05) is 0 Å². The van der Waals surface area contributed by atoms with E-state index in [4.69, 9.17) is 0 Å². The number of hydrogen-bond donors (Lipinski definition) is 0. The highest BCUT2D eigenvalue weighted by molar-refractivity contribution is 6.20. The molecular weight excluding hydrogens is 749 g/mol. The molecule has 0 spiro atoms. The summed E-state index contributed by atoms with van der Waals surface area (Å²) in [6.45, 7) is 0. The van der Waals surface area contributed by atoms with Crippen molar-refractivity contribution in [2.75, 3.05) is 0 Å². The van der Waals surface area contributed by atoms with Crippen LogP contribution < -0.4 is 0 Å². The summed E-state index contributed by atoms with van der Waals surface area (Å²) in [5.74, 6) is 0. The summed E-state index contributed by atoms with van der Waals surface area (Å²) in [4.78, 5) is 0. The third kappa shape index (κ3) is 6.12. The van der Waals surface area contributed by atoms with Crippen molar-refractivity contribution < 1.29 is 0 Å². The number of rotatable bonds is 7. The first kappa shape index (κ1) is 35.7. The maximum Gasteiger partial charge on any atom is 0.0548 e. The van der Waals surface area contributed by atoms with E-state index in [-0.39, 0.29) is 0 Å². The van der Waals surface area contributed by atoms with Gasteiger partial charge in [0.05, 0.1) is 22.1 Å². The second-order valence-corrected chi connectivity index (χ2v) is 16.2. The molecule has 0 fully saturated rings. The average Bonchev–Trinajstić information content (AvgIpc) is 3.85. The third-order valence-electron chi connectivity index (χ3n) is 12.5. The van der Waals surface area contributed by atoms with Gasteiger partial charge < -0.3 is 9.13 Å². The number of aromatic nitrogens is 2. The fraction of sp³-hybridized carbons (Fsp3) is 0. The molecule has 0 saturated heterocycles. The van der Waals surface area contributed by atoms with E-state index < -0.39 is 0 Å². The van der Waals surface area contributed by atoms with Gasteiger partial charge in [0.1, 0.15) is 0 Å². The van der Waals surface area contributed by atoms with Crippen LogP contribution in [-0.2, 0) is 0 Å². The molecule has 0 radical (unpaired) electrons. The summed E-state index contributed by atoms with van der Waals surface area (Å²) in [5, 5.41) is 4.88. The van der Waals surface area contributed by atoms with Crippen LogP contribution in [0.25, 0.3) is 111 Å². The second-order valence-electron chi connectivity index (χ2n) is 16.2. The maximum atomic E-state index is 2.47. The van der Waals surface area contributed by atoms with E-state index in [9.17, 15) is 0 Å². The van der Waals surface area contributed by atoms with Crippen LogP contribution in [0, 0.1) is 0 Å². The van der Waals surface area contributed by atoms with Gasteiger partial charge in [0.2, 0.25) is 0 Å². The second kappa shape index (κ2) is 14.8. The van der Waals surface area contributed by atoms with Gasteiger partial charge in [0.15, 0.2) is 0 Å². The molecule has 0 saturated carbocycles. The first-order valence-corrected chi connectivity index (χ1v) is 21.3. The molecule has 2 nitrogen and oxygen atoms in total. The highest BCUT2D eigenvalue weighted by atomic mass is 15.0. The highest BCUT2D eigenvalue weighted by Crippen LogP contribution is 2.42. The Balaban J connectivity index is 1.12. The monoisotopic (exact) mass is 788 g/mol. The third-order valence-corrected chi connectivity index (χ3v) is 12.5. The standard InChI is InChI=1S/C60H40N2/c1-5-15-41(16-6-1)45-27-29-46(30-28-45)48-24-14-26-52(36-48)62-58-34-32-50(44-21-11-4-12-22-44)38-54(58)56-39-59-55(40-60(56)62)53-37-49(43-19-9-3-10-20-43)31-33-57(53)61(59)51-25-13-23-47(35-51)42-17-7-2-8-18-42/h1-40H. The molecule has 0 atom stereocenters. The normalized spacial score (nSPS) is 11.5. The quantitative estimate of drug-likeness (QED) is 0.152. The highest BCUT2D eigenvalue weighted by Gasteiger charge is 2.20. The van der Waals surface area contributed by atoms with E-state index >= 15 is 0 Å². The predicted octanol–water partition coefficient (Wildman–Crippen LogP) is 16.2. The van der Waals surface area contributed by atoms with Crippen molar-refractivity contribution in [1.29, 1.82) is 0 Å². The van der Waals surface area contributed by atoms with E-state index in [1.165, 1.54) is 99.2 Å². The predicted molar refractivity (Wildman–Crippen MR) is 262 cm³/mol. The van der Waals surface area contributed by atoms with Gasteiger partial charge in [-0.15, -0.1) is 0 Å². The van der Waals surface area contributed by atoms with Gasteiger partial charge in [-0.1, -0.05) is 182 Å². The molecule has 10 aromatic carbocycles. The smallest absolute Gasteiger partial charge is 0.0548 e. The summed E-state index contributed by atoms with van der Waals surface area (Å²) >= 11 is 0. The summed E-state index contributed by atoms with van der Waals surface area (Å²) in [7, 11) is 0. The lowest BCUT2D eigenvalue weighted by Crippen LogP contribution is -1.95. The van der Waals surface area contributed by atoms with Crippen LogP contribution in [0.1, 0.15) is 0 Å². The fourth-order valence-corrected chi connectivity index (χ4v) is 9.47. The lowest BCUT2D eigenvalue weighted by Gasteiger charge is -2.12. The van der Waals surface area contributed by atoms with E-state index in [0.717, 1.165) is 11.4 Å². The summed E-state index contributed by atoms with van der Waals surface area (Å²) in [6.07, 6.45) is 0. The van der Waals surface area contributed by atoms with Crippen molar-refractivity contribution >= 4 is 43.6 Å². The largest absolute Gasteiger partial charge is 0.309 e. The minimum atomic E-state index is 1.13. The molecule has 0 amide bonds. The molecule has 0 unspecified atom stereocenters. The van der Waals surface area contributed by atoms with Crippen molar-refractivity contribution in [3.8, 4) is 67.0 Å². The lowest BCUT2D eigenvalue weighted by atomic mass is 10.00. The van der Waals surface area contributed by atoms with Crippen LogP contribution in [0.2, 0.25) is 0 Å². The molecule has 12 rings (SSSR count). The Bertz CT molecular complexity index is 3580. The minimum absolute atomic E-state index is 1.13. The molecule has 0 aliphatic carbocycles. The summed E-state index contributed by atoms with van der Waals surface area (Å²) < 4.78 is 4.94. The number of nitrogens with zero attached hydrogens (tertiary/aromatic N) is 2. The zero-order valence-electron chi connectivity index (χ0n) is 34.0. The van der Waals surface area contributed by atoms with Crippen molar-refractivity contribution in [2.24, 2.45) is 0 Å². The molecule has 290 valence electrons. The maximum absolute atomic E-state index is 2.47. The Morgan fingerprint density at radius 2 is 0.452 bits per heavy atom. The summed E-state index contributed by atoms with van der Waals surface area (Å²) in [5.41, 5.74) is 19.0. The van der Waals surface area contributed by atoms with Gasteiger partial charge in [0.25, 0.3) is 0 Å². The van der Waals surface area contributed by atoms with Crippen LogP contribution in [0.4, 0.5) is 0 Å². The molecule has 12 aromatic rings. The van der Waals surface area contributed by atoms with Crippen molar-refractivity contribution in [3.63, 3.8) is 0 Å². The number of benzene rings is 10. The molecule has 62 heavy (non-hydrogen) atoms. The average molecular weight is 789 g/mol. The Morgan fingerprint density at radius 3 is 0.839 bits per heavy atom. The first-order valence-electron chi connectivity index (χ1n) is 21.3. The van der Waals surface area contributed by atoms with Crippen molar-refractivity contribution in [1.82, 2.24) is 9.13 Å². The molecule has 0 aliphatic rings. The molecular formula is C60H40N2. The number of hydrogen-bond acceptors (Lipinski definition) is 0. The minimum Gasteiger partial charge on any atom is -0.309 e. The van der Waals surface area contributed by atoms with E-state index in [2.05, 4.69) is 252 Å². The fourth-order valence-electron chi connectivity index (χ4n) is 9.47. The zero-order chi connectivity index (χ0) is 41.0. The van der Waals surface area contributed by atoms with Gasteiger partial charge >= 0.3 is 0 Å². The van der Waals surface area contributed by atoms with Crippen LogP contribution in [-0.4, -0.2) is 9.13 Å². The molecule has 0 bridgehead atoms. The molecule has 0 aliphatic heterocycles. The summed E-state index contributed by atoms with van der Waals surface area (Å²) in [6, 6.07) is 88.5. The molecule has 2 aromatic heterocycles. The van der Waals surface area contributed by atoms with Crippen LogP contribution in [0.15, 0.2) is 243 Å². The first-order chi connectivity index (χ1) is 30.7. The van der Waals surface area contributed by atoms with Crippen molar-refractivity contribution in [2.45, 2.75) is 0 Å². The van der Waals surface area contributed by atoms with E-state index in [1.54, 1.807) is 0 Å². The molecule has 0 N–H and O–H groups in total. The molecule has 2 heteroatoms.